The number of esters is 1. The third kappa shape index (κ3) is 4.62. The van der Waals surface area contributed by atoms with E-state index in [1.54, 1.807) is 6.92 Å². The van der Waals surface area contributed by atoms with E-state index in [9.17, 15) is 14.4 Å². The minimum Gasteiger partial charge on any atom is -0.459 e. The van der Waals surface area contributed by atoms with E-state index < -0.39 is 35.5 Å². The lowest BCUT2D eigenvalue weighted by Crippen LogP contribution is -2.55. The monoisotopic (exact) mass is 401 g/mol. The normalized spacial score (nSPS) is 21.1. The third-order valence-corrected chi connectivity index (χ3v) is 4.71. The Morgan fingerprint density at radius 2 is 2.03 bits per heavy atom. The number of ether oxygens (including phenoxy) is 2. The van der Waals surface area contributed by atoms with Crippen molar-refractivity contribution in [1.29, 1.82) is 0 Å². The van der Waals surface area contributed by atoms with Crippen LogP contribution in [0.5, 0.6) is 0 Å². The van der Waals surface area contributed by atoms with Gasteiger partial charge in [-0.2, -0.15) is 0 Å². The standard InChI is InChI=1S/C20H23N3O6/c1-12-9-15(23-29-12)17(24)22-20(10-16(20)27-3)19(26)21-13(2)18(25)28-11-14-7-5-4-6-8-14/h4-9,13,16H,10-11H2,1-3H3,(H,21,26)(H,22,24)/t13-,16?,20?/m0/s1. The fraction of sp³-hybridized carbons (Fsp3) is 0.400. The molecule has 9 heteroatoms. The molecule has 0 aliphatic heterocycles. The Balaban J connectivity index is 1.59. The van der Waals surface area contributed by atoms with E-state index in [1.165, 1.54) is 20.1 Å². The van der Waals surface area contributed by atoms with Gasteiger partial charge in [0.15, 0.2) is 5.69 Å². The van der Waals surface area contributed by atoms with Crippen LogP contribution in [-0.4, -0.2) is 47.7 Å². The summed E-state index contributed by atoms with van der Waals surface area (Å²) in [4.78, 5) is 37.4. The highest BCUT2D eigenvalue weighted by atomic mass is 16.5. The molecule has 1 fully saturated rings. The van der Waals surface area contributed by atoms with Crippen molar-refractivity contribution in [2.24, 2.45) is 0 Å². The number of aryl methyl sites for hydroxylation is 1. The molecule has 1 aromatic heterocycles. The number of hydrogen-bond donors (Lipinski definition) is 2. The van der Waals surface area contributed by atoms with Crippen molar-refractivity contribution in [2.75, 3.05) is 7.11 Å². The highest BCUT2D eigenvalue weighted by Crippen LogP contribution is 2.39. The summed E-state index contributed by atoms with van der Waals surface area (Å²) in [7, 11) is 1.45. The average molecular weight is 401 g/mol. The highest BCUT2D eigenvalue weighted by molar-refractivity contribution is 6.01. The molecule has 0 bridgehead atoms. The molecule has 2 N–H and O–H groups in total. The van der Waals surface area contributed by atoms with Crippen LogP contribution >= 0.6 is 0 Å². The second-order valence-electron chi connectivity index (χ2n) is 6.97. The predicted octanol–water partition coefficient (Wildman–Crippen LogP) is 1.12. The van der Waals surface area contributed by atoms with E-state index >= 15 is 0 Å². The molecule has 1 aromatic carbocycles. The lowest BCUT2D eigenvalue weighted by atomic mass is 10.2. The van der Waals surface area contributed by atoms with Crippen LogP contribution in [0.3, 0.4) is 0 Å². The SMILES string of the molecule is COC1CC1(NC(=O)c1cc(C)on1)C(=O)N[C@@H](C)C(=O)OCc1ccccc1. The van der Waals surface area contributed by atoms with Gasteiger partial charge in [0.1, 0.15) is 23.9 Å². The molecule has 3 rings (SSSR count). The van der Waals surface area contributed by atoms with Gasteiger partial charge in [0.25, 0.3) is 5.91 Å². The zero-order chi connectivity index (χ0) is 21.0. The summed E-state index contributed by atoms with van der Waals surface area (Å²) in [6, 6.07) is 9.79. The van der Waals surface area contributed by atoms with E-state index in [1.807, 2.05) is 30.3 Å². The number of amides is 2. The fourth-order valence-electron chi connectivity index (χ4n) is 2.92. The molecule has 0 radical (unpaired) electrons. The summed E-state index contributed by atoms with van der Waals surface area (Å²) in [6.45, 7) is 3.28. The quantitative estimate of drug-likeness (QED) is 0.636. The number of benzene rings is 1. The summed E-state index contributed by atoms with van der Waals surface area (Å²) in [5.41, 5.74) is -0.369. The molecular weight excluding hydrogens is 378 g/mol. The fourth-order valence-corrected chi connectivity index (χ4v) is 2.92. The van der Waals surface area contributed by atoms with Crippen LogP contribution in [0.25, 0.3) is 0 Å². The van der Waals surface area contributed by atoms with Crippen molar-refractivity contribution in [3.05, 3.63) is 53.4 Å². The first-order valence-electron chi connectivity index (χ1n) is 9.16. The first-order chi connectivity index (χ1) is 13.9. The number of carbonyl (C=O) groups is 3. The third-order valence-electron chi connectivity index (χ3n) is 4.71. The summed E-state index contributed by atoms with van der Waals surface area (Å²) in [5, 5.41) is 8.89. The molecule has 0 spiro atoms. The molecule has 2 aromatic rings. The summed E-state index contributed by atoms with van der Waals surface area (Å²) in [6.07, 6.45) is -0.226. The van der Waals surface area contributed by atoms with Crippen LogP contribution in [0, 0.1) is 6.92 Å². The number of rotatable bonds is 8. The topological polar surface area (TPSA) is 120 Å². The Hall–Kier alpha value is -3.20. The Morgan fingerprint density at radius 1 is 1.31 bits per heavy atom. The van der Waals surface area contributed by atoms with E-state index in [4.69, 9.17) is 14.0 Å². The molecular formula is C20H23N3O6. The molecule has 1 aliphatic rings. The average Bonchev–Trinajstić information content (AvgIpc) is 3.26. The zero-order valence-electron chi connectivity index (χ0n) is 16.4. The maximum Gasteiger partial charge on any atom is 0.328 e. The Morgan fingerprint density at radius 3 is 2.62 bits per heavy atom. The van der Waals surface area contributed by atoms with Crippen LogP contribution in [-0.2, 0) is 25.7 Å². The van der Waals surface area contributed by atoms with E-state index in [0.29, 0.717) is 5.76 Å². The van der Waals surface area contributed by atoms with Crippen molar-refractivity contribution < 1.29 is 28.4 Å². The molecule has 2 amide bonds. The second kappa shape index (κ2) is 8.44. The lowest BCUT2D eigenvalue weighted by Gasteiger charge is -2.20. The number of carbonyl (C=O) groups excluding carboxylic acids is 3. The van der Waals surface area contributed by atoms with Crippen LogP contribution < -0.4 is 10.6 Å². The largest absolute Gasteiger partial charge is 0.459 e. The van der Waals surface area contributed by atoms with Crippen molar-refractivity contribution in [1.82, 2.24) is 15.8 Å². The van der Waals surface area contributed by atoms with Gasteiger partial charge in [0.05, 0.1) is 6.10 Å². The van der Waals surface area contributed by atoms with Gasteiger partial charge in [-0.25, -0.2) is 4.79 Å². The van der Waals surface area contributed by atoms with Crippen LogP contribution in [0.1, 0.15) is 35.2 Å². The number of methoxy groups -OCH3 is 1. The van der Waals surface area contributed by atoms with Crippen LogP contribution in [0.15, 0.2) is 40.9 Å². The molecule has 0 saturated heterocycles. The number of hydrogen-bond acceptors (Lipinski definition) is 7. The van der Waals surface area contributed by atoms with Gasteiger partial charge in [-0.1, -0.05) is 35.5 Å². The highest BCUT2D eigenvalue weighted by Gasteiger charge is 2.62. The minimum atomic E-state index is -1.27. The van der Waals surface area contributed by atoms with Gasteiger partial charge in [-0.3, -0.25) is 9.59 Å². The minimum absolute atomic E-state index is 0.0618. The van der Waals surface area contributed by atoms with Crippen molar-refractivity contribution >= 4 is 17.8 Å². The molecule has 154 valence electrons. The van der Waals surface area contributed by atoms with Gasteiger partial charge in [0, 0.05) is 19.6 Å². The van der Waals surface area contributed by atoms with Crippen molar-refractivity contribution in [3.63, 3.8) is 0 Å². The first kappa shape index (κ1) is 20.5. The summed E-state index contributed by atoms with van der Waals surface area (Å²) >= 11 is 0. The van der Waals surface area contributed by atoms with Gasteiger partial charge >= 0.3 is 5.97 Å². The first-order valence-corrected chi connectivity index (χ1v) is 9.16. The number of nitrogens with one attached hydrogen (secondary N) is 2. The number of aromatic nitrogens is 1. The summed E-state index contributed by atoms with van der Waals surface area (Å²) < 4.78 is 15.4. The Bertz CT molecular complexity index is 897. The molecule has 3 atom stereocenters. The van der Waals surface area contributed by atoms with Crippen molar-refractivity contribution in [2.45, 2.75) is 44.6 Å². The van der Waals surface area contributed by atoms with Gasteiger partial charge < -0.3 is 24.6 Å². The molecule has 1 aliphatic carbocycles. The number of nitrogens with zero attached hydrogens (tertiary/aromatic N) is 1. The molecule has 2 unspecified atom stereocenters. The second-order valence-corrected chi connectivity index (χ2v) is 6.97. The maximum atomic E-state index is 12.8. The van der Waals surface area contributed by atoms with E-state index in [2.05, 4.69) is 15.8 Å². The molecule has 1 heterocycles. The zero-order valence-corrected chi connectivity index (χ0v) is 16.4. The molecule has 29 heavy (non-hydrogen) atoms. The Kier molecular flexibility index (Phi) is 5.97. The smallest absolute Gasteiger partial charge is 0.328 e. The van der Waals surface area contributed by atoms with E-state index in [0.717, 1.165) is 5.56 Å². The predicted molar refractivity (Wildman–Crippen MR) is 101 cm³/mol. The Labute approximate surface area is 167 Å². The van der Waals surface area contributed by atoms with Gasteiger partial charge in [-0.15, -0.1) is 0 Å². The summed E-state index contributed by atoms with van der Waals surface area (Å²) in [5.74, 6) is -1.19. The van der Waals surface area contributed by atoms with Crippen LogP contribution in [0.4, 0.5) is 0 Å². The van der Waals surface area contributed by atoms with Gasteiger partial charge in [-0.05, 0) is 19.4 Å². The van der Waals surface area contributed by atoms with E-state index in [-0.39, 0.29) is 18.7 Å². The molecule has 9 nitrogen and oxygen atoms in total. The molecule has 1 saturated carbocycles. The van der Waals surface area contributed by atoms with Gasteiger partial charge in [0.2, 0.25) is 5.91 Å². The lowest BCUT2D eigenvalue weighted by molar-refractivity contribution is -0.149. The van der Waals surface area contributed by atoms with Crippen molar-refractivity contribution in [3.8, 4) is 0 Å². The maximum absolute atomic E-state index is 12.8. The van der Waals surface area contributed by atoms with Crippen LogP contribution in [0.2, 0.25) is 0 Å².